The van der Waals surface area contributed by atoms with E-state index in [1.54, 1.807) is 0 Å². The van der Waals surface area contributed by atoms with Gasteiger partial charge in [-0.15, -0.1) is 0 Å². The Morgan fingerprint density at radius 1 is 1.25 bits per heavy atom. The molecule has 0 bridgehead atoms. The van der Waals surface area contributed by atoms with Crippen LogP contribution in [0.1, 0.15) is 5.69 Å². The lowest BCUT2D eigenvalue weighted by Crippen LogP contribution is -2.44. The van der Waals surface area contributed by atoms with E-state index in [2.05, 4.69) is 50.9 Å². The third-order valence-electron chi connectivity index (χ3n) is 3.11. The molecule has 1 saturated heterocycles. The molecule has 1 aliphatic rings. The van der Waals surface area contributed by atoms with Gasteiger partial charge in [0, 0.05) is 32.4 Å². The Bertz CT molecular complexity index is 497. The van der Waals surface area contributed by atoms with Crippen LogP contribution in [0.5, 0.6) is 0 Å². The summed E-state index contributed by atoms with van der Waals surface area (Å²) in [4.78, 5) is 7.02. The molecule has 4 heteroatoms. The van der Waals surface area contributed by atoms with Crippen LogP contribution in [0.4, 0.5) is 5.95 Å². The number of fused-ring (bicyclic) bond motifs is 1. The fourth-order valence-corrected chi connectivity index (χ4v) is 2.26. The van der Waals surface area contributed by atoms with Crippen LogP contribution in [0, 0.1) is 6.92 Å². The lowest BCUT2D eigenvalue weighted by molar-refractivity contribution is 0.579. The Balaban J connectivity index is 2.08. The summed E-state index contributed by atoms with van der Waals surface area (Å²) in [7, 11) is 0. The quantitative estimate of drug-likeness (QED) is 0.773. The molecule has 0 aromatic carbocycles. The van der Waals surface area contributed by atoms with Crippen LogP contribution < -0.4 is 10.2 Å². The second-order valence-electron chi connectivity index (χ2n) is 4.19. The highest BCUT2D eigenvalue weighted by molar-refractivity contribution is 5.58. The zero-order chi connectivity index (χ0) is 11.0. The number of nitrogens with one attached hydrogen (secondary N) is 1. The van der Waals surface area contributed by atoms with E-state index in [-0.39, 0.29) is 0 Å². The van der Waals surface area contributed by atoms with Crippen molar-refractivity contribution in [2.75, 3.05) is 31.1 Å². The smallest absolute Gasteiger partial charge is 0.210 e. The van der Waals surface area contributed by atoms with Gasteiger partial charge in [-0.25, -0.2) is 4.98 Å². The second-order valence-corrected chi connectivity index (χ2v) is 4.19. The molecule has 1 N–H and O–H groups in total. The van der Waals surface area contributed by atoms with E-state index in [0.29, 0.717) is 0 Å². The van der Waals surface area contributed by atoms with Crippen molar-refractivity contribution in [3.8, 4) is 0 Å². The normalized spacial score (nSPS) is 16.9. The zero-order valence-corrected chi connectivity index (χ0v) is 9.48. The minimum absolute atomic E-state index is 1.04. The zero-order valence-electron chi connectivity index (χ0n) is 9.48. The van der Waals surface area contributed by atoms with E-state index in [1.807, 2.05) is 0 Å². The first-order valence-electron chi connectivity index (χ1n) is 5.75. The van der Waals surface area contributed by atoms with E-state index in [1.165, 1.54) is 5.52 Å². The molecule has 2 aromatic rings. The van der Waals surface area contributed by atoms with Crippen molar-refractivity contribution in [2.45, 2.75) is 6.92 Å². The maximum Gasteiger partial charge on any atom is 0.210 e. The first kappa shape index (κ1) is 9.66. The van der Waals surface area contributed by atoms with Gasteiger partial charge in [0.1, 0.15) is 0 Å². The van der Waals surface area contributed by atoms with E-state index in [4.69, 9.17) is 0 Å². The van der Waals surface area contributed by atoms with Crippen molar-refractivity contribution < 1.29 is 0 Å². The molecule has 2 aromatic heterocycles. The van der Waals surface area contributed by atoms with Crippen LogP contribution in [0.2, 0.25) is 0 Å². The first-order valence-corrected chi connectivity index (χ1v) is 5.75. The van der Waals surface area contributed by atoms with Crippen LogP contribution in [0.15, 0.2) is 24.4 Å². The Hall–Kier alpha value is -1.55. The van der Waals surface area contributed by atoms with Gasteiger partial charge < -0.3 is 10.2 Å². The summed E-state index contributed by atoms with van der Waals surface area (Å²) < 4.78 is 2.18. The fraction of sp³-hybridized carbons (Fsp3) is 0.417. The van der Waals surface area contributed by atoms with Gasteiger partial charge in [-0.1, -0.05) is 6.07 Å². The predicted octanol–water partition coefficient (Wildman–Crippen LogP) is 1.05. The summed E-state index contributed by atoms with van der Waals surface area (Å²) in [6.45, 7) is 6.23. The summed E-state index contributed by atoms with van der Waals surface area (Å²) in [5, 5.41) is 3.36. The Labute approximate surface area is 94.9 Å². The number of anilines is 1. The van der Waals surface area contributed by atoms with Gasteiger partial charge in [-0.2, -0.15) is 0 Å². The molecule has 0 saturated carbocycles. The minimum atomic E-state index is 1.04. The van der Waals surface area contributed by atoms with Gasteiger partial charge in [0.2, 0.25) is 5.95 Å². The number of aromatic nitrogens is 2. The van der Waals surface area contributed by atoms with E-state index < -0.39 is 0 Å². The van der Waals surface area contributed by atoms with Gasteiger partial charge in [-0.3, -0.25) is 4.40 Å². The maximum atomic E-state index is 4.67. The minimum Gasteiger partial charge on any atom is -0.339 e. The maximum absolute atomic E-state index is 4.67. The highest BCUT2D eigenvalue weighted by Crippen LogP contribution is 2.19. The van der Waals surface area contributed by atoms with Gasteiger partial charge in [-0.05, 0) is 19.1 Å². The molecular formula is C12H16N4. The largest absolute Gasteiger partial charge is 0.339 e. The van der Waals surface area contributed by atoms with Crippen molar-refractivity contribution in [2.24, 2.45) is 0 Å². The van der Waals surface area contributed by atoms with Crippen molar-refractivity contribution >= 4 is 11.5 Å². The lowest BCUT2D eigenvalue weighted by atomic mass is 10.3. The van der Waals surface area contributed by atoms with Gasteiger partial charge in [0.15, 0.2) is 0 Å². The molecule has 16 heavy (non-hydrogen) atoms. The van der Waals surface area contributed by atoms with E-state index >= 15 is 0 Å². The number of imidazole rings is 1. The highest BCUT2D eigenvalue weighted by Gasteiger charge is 2.16. The third-order valence-corrected chi connectivity index (χ3v) is 3.11. The summed E-state index contributed by atoms with van der Waals surface area (Å²) in [5.41, 5.74) is 2.31. The molecule has 1 aliphatic heterocycles. The lowest BCUT2D eigenvalue weighted by Gasteiger charge is -2.27. The van der Waals surface area contributed by atoms with Crippen molar-refractivity contribution in [1.29, 1.82) is 0 Å². The molecule has 84 valence electrons. The SMILES string of the molecule is Cc1nc(N2CCNCC2)n2ccccc12. The number of piperazine rings is 1. The third kappa shape index (κ3) is 1.46. The number of hydrogen-bond acceptors (Lipinski definition) is 3. The van der Waals surface area contributed by atoms with Crippen LogP contribution in [-0.2, 0) is 0 Å². The van der Waals surface area contributed by atoms with Crippen LogP contribution in [0.25, 0.3) is 5.52 Å². The first-order chi connectivity index (χ1) is 7.86. The summed E-state index contributed by atoms with van der Waals surface area (Å²) >= 11 is 0. The van der Waals surface area contributed by atoms with E-state index in [0.717, 1.165) is 37.8 Å². The number of pyridine rings is 1. The number of nitrogens with zero attached hydrogens (tertiary/aromatic N) is 3. The monoisotopic (exact) mass is 216 g/mol. The standard InChI is InChI=1S/C12H16N4/c1-10-11-4-2-3-7-16(11)12(14-10)15-8-5-13-6-9-15/h2-4,7,13H,5-6,8-9H2,1H3. The van der Waals surface area contributed by atoms with Crippen LogP contribution in [0.3, 0.4) is 0 Å². The molecule has 3 heterocycles. The molecule has 0 aliphatic carbocycles. The fourth-order valence-electron chi connectivity index (χ4n) is 2.26. The van der Waals surface area contributed by atoms with Crippen LogP contribution in [-0.4, -0.2) is 35.6 Å². The van der Waals surface area contributed by atoms with Gasteiger partial charge in [0.25, 0.3) is 0 Å². The van der Waals surface area contributed by atoms with Crippen molar-refractivity contribution in [1.82, 2.24) is 14.7 Å². The number of hydrogen-bond donors (Lipinski definition) is 1. The topological polar surface area (TPSA) is 32.6 Å². The van der Waals surface area contributed by atoms with Gasteiger partial charge in [0.05, 0.1) is 11.2 Å². The van der Waals surface area contributed by atoms with Crippen molar-refractivity contribution in [3.05, 3.63) is 30.1 Å². The van der Waals surface area contributed by atoms with Crippen molar-refractivity contribution in [3.63, 3.8) is 0 Å². The second kappa shape index (κ2) is 3.79. The number of rotatable bonds is 1. The van der Waals surface area contributed by atoms with Crippen LogP contribution >= 0.6 is 0 Å². The molecular weight excluding hydrogens is 200 g/mol. The average Bonchev–Trinajstić information content (AvgIpc) is 2.69. The molecule has 4 nitrogen and oxygen atoms in total. The molecule has 1 fully saturated rings. The molecule has 0 spiro atoms. The average molecular weight is 216 g/mol. The van der Waals surface area contributed by atoms with Gasteiger partial charge >= 0.3 is 0 Å². The molecule has 0 amide bonds. The molecule has 0 atom stereocenters. The highest BCUT2D eigenvalue weighted by atomic mass is 15.3. The Kier molecular flexibility index (Phi) is 2.29. The summed E-state index contributed by atoms with van der Waals surface area (Å²) in [6, 6.07) is 6.24. The summed E-state index contributed by atoms with van der Waals surface area (Å²) in [5.74, 6) is 1.08. The number of aryl methyl sites for hydroxylation is 1. The molecule has 3 rings (SSSR count). The predicted molar refractivity (Wildman–Crippen MR) is 65.0 cm³/mol. The Morgan fingerprint density at radius 3 is 2.88 bits per heavy atom. The molecule has 0 unspecified atom stereocenters. The molecule has 0 radical (unpaired) electrons. The van der Waals surface area contributed by atoms with E-state index in [9.17, 15) is 0 Å². The summed E-state index contributed by atoms with van der Waals surface area (Å²) in [6.07, 6.45) is 2.09. The Morgan fingerprint density at radius 2 is 2.06 bits per heavy atom.